The number of alkyl halides is 9. The van der Waals surface area contributed by atoms with Crippen LogP contribution in [-0.2, 0) is 27.0 Å². The molecular formula is C20H22F9N3O5. The number of carbonyl (C=O) groups is 2. The summed E-state index contributed by atoms with van der Waals surface area (Å²) in [6.07, 6.45) is -22.4. The van der Waals surface area contributed by atoms with Gasteiger partial charge in [-0.3, -0.25) is 4.90 Å². The maximum absolute atomic E-state index is 13.1. The molecule has 0 aromatic heterocycles. The van der Waals surface area contributed by atoms with Crippen LogP contribution in [0.5, 0.6) is 0 Å². The van der Waals surface area contributed by atoms with Gasteiger partial charge in [0.1, 0.15) is 6.61 Å². The zero-order chi connectivity index (χ0) is 28.0. The van der Waals surface area contributed by atoms with E-state index in [-0.39, 0.29) is 51.6 Å². The minimum Gasteiger partial charge on any atom is -0.480 e. The largest absolute Gasteiger partial charge is 0.480 e. The lowest BCUT2D eigenvalue weighted by Crippen LogP contribution is -2.52. The Morgan fingerprint density at radius 1 is 0.973 bits per heavy atom. The fraction of sp³-hybridized carbons (Fsp3) is 0.600. The van der Waals surface area contributed by atoms with Crippen molar-refractivity contribution in [3.8, 4) is 0 Å². The average Bonchev–Trinajstić information content (AvgIpc) is 2.76. The van der Waals surface area contributed by atoms with Gasteiger partial charge in [-0.05, 0) is 17.7 Å². The number of rotatable bonds is 9. The normalized spacial score (nSPS) is 15.7. The maximum Gasteiger partial charge on any atom is 0.434 e. The van der Waals surface area contributed by atoms with Gasteiger partial charge < -0.3 is 24.8 Å². The molecule has 210 valence electrons. The summed E-state index contributed by atoms with van der Waals surface area (Å²) >= 11 is 0. The fourth-order valence-corrected chi connectivity index (χ4v) is 3.30. The first kappa shape index (κ1) is 30.3. The summed E-state index contributed by atoms with van der Waals surface area (Å²) in [7, 11) is 0. The van der Waals surface area contributed by atoms with Crippen LogP contribution in [0.15, 0.2) is 18.2 Å². The van der Waals surface area contributed by atoms with Crippen LogP contribution in [0.1, 0.15) is 11.1 Å². The van der Waals surface area contributed by atoms with Gasteiger partial charge in [0.25, 0.3) is 6.10 Å². The number of anilines is 1. The molecule has 1 aromatic rings. The zero-order valence-corrected chi connectivity index (χ0v) is 18.8. The Labute approximate surface area is 203 Å². The first-order valence-electron chi connectivity index (χ1n) is 10.5. The van der Waals surface area contributed by atoms with Gasteiger partial charge in [0, 0.05) is 45.0 Å². The number of carbonyl (C=O) groups excluding carboxylic acids is 1. The molecule has 37 heavy (non-hydrogen) atoms. The molecule has 0 bridgehead atoms. The van der Waals surface area contributed by atoms with Crippen LogP contribution in [-0.4, -0.2) is 91.4 Å². The minimum absolute atomic E-state index is 0.0139. The molecule has 0 unspecified atom stereocenters. The van der Waals surface area contributed by atoms with Gasteiger partial charge in [0.2, 0.25) is 0 Å². The first-order chi connectivity index (χ1) is 17.0. The number of carboxylic acids is 1. The highest BCUT2D eigenvalue weighted by Crippen LogP contribution is 2.36. The monoisotopic (exact) mass is 555 g/mol. The number of halogens is 9. The molecule has 0 saturated carbocycles. The van der Waals surface area contributed by atoms with Gasteiger partial charge in [0.05, 0.1) is 12.2 Å². The first-order valence-corrected chi connectivity index (χ1v) is 10.5. The highest BCUT2D eigenvalue weighted by Gasteiger charge is 2.60. The second kappa shape index (κ2) is 12.1. The van der Waals surface area contributed by atoms with Crippen molar-refractivity contribution in [2.24, 2.45) is 0 Å². The van der Waals surface area contributed by atoms with Crippen molar-refractivity contribution in [3.63, 3.8) is 0 Å². The van der Waals surface area contributed by atoms with E-state index in [1.54, 1.807) is 4.90 Å². The van der Waals surface area contributed by atoms with Gasteiger partial charge in [0.15, 0.2) is 0 Å². The van der Waals surface area contributed by atoms with Crippen LogP contribution < -0.4 is 5.32 Å². The Morgan fingerprint density at radius 2 is 1.57 bits per heavy atom. The third-order valence-electron chi connectivity index (χ3n) is 5.06. The van der Waals surface area contributed by atoms with Crippen LogP contribution in [0.4, 0.5) is 50.0 Å². The average molecular weight is 555 g/mol. The molecule has 1 aliphatic heterocycles. The van der Waals surface area contributed by atoms with E-state index >= 15 is 0 Å². The number of nitrogens with one attached hydrogen (secondary N) is 1. The molecule has 0 radical (unpaired) electrons. The van der Waals surface area contributed by atoms with Crippen molar-refractivity contribution in [1.82, 2.24) is 9.80 Å². The Hall–Kier alpha value is -2.95. The summed E-state index contributed by atoms with van der Waals surface area (Å²) in [6.45, 7) is -1.31. The van der Waals surface area contributed by atoms with Crippen molar-refractivity contribution < 1.29 is 63.7 Å². The van der Waals surface area contributed by atoms with E-state index in [1.807, 2.05) is 0 Å². The highest BCUT2D eigenvalue weighted by molar-refractivity contribution is 5.68. The standard InChI is InChI=1S/C20H22F9N3O5/c21-18(22,23)13-2-1-12(14(9-13)30-3-8-36-11-15(33)34)10-31-4-6-32(7-5-31)17(35)37-16(19(24,25)26)20(27,28)29/h1-2,9,16,30H,3-8,10-11H2,(H,33,34). The number of aliphatic carboxylic acids is 1. The lowest BCUT2D eigenvalue weighted by atomic mass is 10.1. The zero-order valence-electron chi connectivity index (χ0n) is 18.8. The SMILES string of the molecule is O=C(O)COCCNc1cc(C(F)(F)F)ccc1CN1CCN(C(=O)OC(C(F)(F)F)C(F)(F)F)CC1. The van der Waals surface area contributed by atoms with Gasteiger partial charge in [-0.1, -0.05) is 6.07 Å². The number of hydrogen-bond acceptors (Lipinski definition) is 6. The lowest BCUT2D eigenvalue weighted by molar-refractivity contribution is -0.308. The van der Waals surface area contributed by atoms with Crippen LogP contribution in [0.2, 0.25) is 0 Å². The topological polar surface area (TPSA) is 91.3 Å². The van der Waals surface area contributed by atoms with Crippen molar-refractivity contribution in [2.75, 3.05) is 51.3 Å². The van der Waals surface area contributed by atoms with Crippen LogP contribution in [0.25, 0.3) is 0 Å². The molecular weight excluding hydrogens is 533 g/mol. The Kier molecular flexibility index (Phi) is 9.87. The fourth-order valence-electron chi connectivity index (χ4n) is 3.30. The maximum atomic E-state index is 13.1. The number of carboxylic acid groups (broad SMARTS) is 1. The Balaban J connectivity index is 2.01. The summed E-state index contributed by atoms with van der Waals surface area (Å²) in [5.41, 5.74) is -0.521. The van der Waals surface area contributed by atoms with E-state index in [0.717, 1.165) is 12.1 Å². The molecule has 1 aromatic carbocycles. The Bertz CT molecular complexity index is 916. The van der Waals surface area contributed by atoms with Crippen LogP contribution in [0.3, 0.4) is 0 Å². The molecule has 17 heteroatoms. The molecule has 0 atom stereocenters. The van der Waals surface area contributed by atoms with E-state index in [9.17, 15) is 49.1 Å². The van der Waals surface area contributed by atoms with Gasteiger partial charge in [-0.15, -0.1) is 0 Å². The summed E-state index contributed by atoms with van der Waals surface area (Å²) in [5.74, 6) is -1.23. The summed E-state index contributed by atoms with van der Waals surface area (Å²) < 4.78 is 124. The molecule has 0 spiro atoms. The van der Waals surface area contributed by atoms with Crippen molar-refractivity contribution in [3.05, 3.63) is 29.3 Å². The van der Waals surface area contributed by atoms with Gasteiger partial charge in [-0.25, -0.2) is 9.59 Å². The third kappa shape index (κ3) is 9.46. The van der Waals surface area contributed by atoms with E-state index in [4.69, 9.17) is 9.84 Å². The van der Waals surface area contributed by atoms with Gasteiger partial charge in [-0.2, -0.15) is 39.5 Å². The highest BCUT2D eigenvalue weighted by atomic mass is 19.4. The number of hydrogen-bond donors (Lipinski definition) is 2. The van der Waals surface area contributed by atoms with Crippen molar-refractivity contribution in [2.45, 2.75) is 31.2 Å². The Morgan fingerprint density at radius 3 is 2.08 bits per heavy atom. The smallest absolute Gasteiger partial charge is 0.434 e. The molecule has 1 heterocycles. The number of piperazine rings is 1. The number of benzene rings is 1. The summed E-state index contributed by atoms with van der Waals surface area (Å²) in [5, 5.41) is 11.3. The van der Waals surface area contributed by atoms with Crippen LogP contribution >= 0.6 is 0 Å². The number of nitrogens with zero attached hydrogens (tertiary/aromatic N) is 2. The molecule has 8 nitrogen and oxygen atoms in total. The predicted octanol–water partition coefficient (Wildman–Crippen LogP) is 3.97. The van der Waals surface area contributed by atoms with E-state index in [0.29, 0.717) is 10.5 Å². The summed E-state index contributed by atoms with van der Waals surface area (Å²) in [4.78, 5) is 24.6. The van der Waals surface area contributed by atoms with Crippen molar-refractivity contribution in [1.29, 1.82) is 0 Å². The van der Waals surface area contributed by atoms with Crippen LogP contribution in [0, 0.1) is 0 Å². The molecule has 0 aliphatic carbocycles. The van der Waals surface area contributed by atoms with E-state index < -0.39 is 48.9 Å². The summed E-state index contributed by atoms with van der Waals surface area (Å²) in [6, 6.07) is 2.87. The lowest BCUT2D eigenvalue weighted by Gasteiger charge is -2.35. The number of ether oxygens (including phenoxy) is 2. The molecule has 1 saturated heterocycles. The predicted molar refractivity (Wildman–Crippen MR) is 108 cm³/mol. The third-order valence-corrected chi connectivity index (χ3v) is 5.06. The quantitative estimate of drug-likeness (QED) is 0.352. The second-order valence-corrected chi connectivity index (χ2v) is 7.85. The molecule has 2 N–H and O–H groups in total. The minimum atomic E-state index is -5.85. The molecule has 1 aliphatic rings. The van der Waals surface area contributed by atoms with Crippen molar-refractivity contribution >= 4 is 17.7 Å². The van der Waals surface area contributed by atoms with E-state index in [2.05, 4.69) is 10.1 Å². The second-order valence-electron chi connectivity index (χ2n) is 7.85. The van der Waals surface area contributed by atoms with E-state index in [1.165, 1.54) is 6.07 Å². The molecule has 2 rings (SSSR count). The number of amides is 1. The molecule has 1 fully saturated rings. The van der Waals surface area contributed by atoms with Gasteiger partial charge >= 0.3 is 30.6 Å². The molecule has 1 amide bonds.